The number of hydrogen-bond donors (Lipinski definition) is 1. The molecule has 0 amide bonds. The summed E-state index contributed by atoms with van der Waals surface area (Å²) in [7, 11) is 0. The van der Waals surface area contributed by atoms with Crippen molar-refractivity contribution in [3.8, 4) is 10.9 Å². The summed E-state index contributed by atoms with van der Waals surface area (Å²) in [6.07, 6.45) is 0. The third-order valence-electron chi connectivity index (χ3n) is 2.69. The molecule has 2 aromatic carbocycles. The van der Waals surface area contributed by atoms with E-state index in [0.29, 0.717) is 5.75 Å². The van der Waals surface area contributed by atoms with Crippen molar-refractivity contribution in [1.29, 1.82) is 0 Å². The molecule has 0 unspecified atom stereocenters. The van der Waals surface area contributed by atoms with Crippen molar-refractivity contribution in [1.82, 2.24) is 4.98 Å². The van der Waals surface area contributed by atoms with E-state index in [2.05, 4.69) is 4.98 Å². The van der Waals surface area contributed by atoms with Crippen LogP contribution in [0.5, 0.6) is 10.9 Å². The highest BCUT2D eigenvalue weighted by Gasteiger charge is 2.17. The first-order chi connectivity index (χ1) is 9.63. The van der Waals surface area contributed by atoms with Crippen LogP contribution in [-0.2, 0) is 0 Å². The lowest BCUT2D eigenvalue weighted by atomic mass is 10.1. The molecule has 0 saturated carbocycles. The highest BCUT2D eigenvalue weighted by atomic mass is 35.5. The third kappa shape index (κ3) is 2.45. The van der Waals surface area contributed by atoms with Gasteiger partial charge in [-0.3, -0.25) is 0 Å². The van der Waals surface area contributed by atoms with E-state index in [4.69, 9.17) is 21.4 Å². The molecule has 0 aliphatic carbocycles. The van der Waals surface area contributed by atoms with Gasteiger partial charge in [0.15, 0.2) is 10.0 Å². The molecule has 1 N–H and O–H groups in total. The number of halogens is 1. The van der Waals surface area contributed by atoms with E-state index in [0.717, 1.165) is 22.1 Å². The van der Waals surface area contributed by atoms with Gasteiger partial charge in [0.25, 0.3) is 5.19 Å². The first-order valence-electron chi connectivity index (χ1n) is 5.70. The predicted molar refractivity (Wildman–Crippen MR) is 78.1 cm³/mol. The maximum atomic E-state index is 10.9. The van der Waals surface area contributed by atoms with Gasteiger partial charge in [0.05, 0.1) is 0 Å². The van der Waals surface area contributed by atoms with Crippen LogP contribution in [0.15, 0.2) is 42.5 Å². The Labute approximate surface area is 123 Å². The molecule has 1 heterocycles. The summed E-state index contributed by atoms with van der Waals surface area (Å²) in [5.41, 5.74) is 0. The number of aromatic nitrogens is 1. The molecule has 0 saturated heterocycles. The zero-order chi connectivity index (χ0) is 14.1. The van der Waals surface area contributed by atoms with Crippen molar-refractivity contribution in [2.75, 3.05) is 0 Å². The Morgan fingerprint density at radius 2 is 1.95 bits per heavy atom. The maximum absolute atomic E-state index is 10.9. The highest BCUT2D eigenvalue weighted by Crippen LogP contribution is 2.33. The van der Waals surface area contributed by atoms with Crippen LogP contribution in [0.3, 0.4) is 0 Å². The monoisotopic (exact) mass is 305 g/mol. The Morgan fingerprint density at radius 3 is 2.65 bits per heavy atom. The molecule has 3 aromatic rings. The van der Waals surface area contributed by atoms with Gasteiger partial charge in [0, 0.05) is 0 Å². The number of benzene rings is 2. The maximum Gasteiger partial charge on any atom is 0.349 e. The molecule has 0 aliphatic heterocycles. The summed E-state index contributed by atoms with van der Waals surface area (Å²) in [6, 6.07) is 13.5. The molecule has 20 heavy (non-hydrogen) atoms. The van der Waals surface area contributed by atoms with Gasteiger partial charge in [0.1, 0.15) is 5.75 Å². The van der Waals surface area contributed by atoms with Crippen molar-refractivity contribution < 1.29 is 14.6 Å². The van der Waals surface area contributed by atoms with E-state index < -0.39 is 5.97 Å². The molecule has 3 rings (SSSR count). The van der Waals surface area contributed by atoms with E-state index in [1.54, 1.807) is 6.07 Å². The van der Waals surface area contributed by atoms with Crippen LogP contribution < -0.4 is 4.74 Å². The number of carboxylic acid groups (broad SMARTS) is 1. The normalized spacial score (nSPS) is 10.7. The van der Waals surface area contributed by atoms with Crippen molar-refractivity contribution in [3.63, 3.8) is 0 Å². The number of carbonyl (C=O) groups is 1. The SMILES string of the molecule is O=C(O)c1sc(Oc2ccc3ccccc3c2)nc1Cl. The van der Waals surface area contributed by atoms with Crippen LogP contribution in [0.1, 0.15) is 9.67 Å². The largest absolute Gasteiger partial charge is 0.477 e. The van der Waals surface area contributed by atoms with Gasteiger partial charge >= 0.3 is 5.97 Å². The number of rotatable bonds is 3. The summed E-state index contributed by atoms with van der Waals surface area (Å²) in [5.74, 6) is -0.521. The molecule has 0 aliphatic rings. The van der Waals surface area contributed by atoms with Crippen LogP contribution in [0, 0.1) is 0 Å². The summed E-state index contributed by atoms with van der Waals surface area (Å²) in [4.78, 5) is 14.8. The number of hydrogen-bond acceptors (Lipinski definition) is 4. The molecule has 100 valence electrons. The molecule has 0 spiro atoms. The van der Waals surface area contributed by atoms with Gasteiger partial charge in [-0.2, -0.15) is 4.98 Å². The number of ether oxygens (including phenoxy) is 1. The zero-order valence-corrected chi connectivity index (χ0v) is 11.6. The first kappa shape index (κ1) is 12.9. The number of aromatic carboxylic acids is 1. The van der Waals surface area contributed by atoms with Gasteiger partial charge in [-0.1, -0.05) is 53.3 Å². The second-order valence-corrected chi connectivity index (χ2v) is 5.34. The van der Waals surface area contributed by atoms with Crippen LogP contribution in [0.4, 0.5) is 0 Å². The van der Waals surface area contributed by atoms with Crippen molar-refractivity contribution in [3.05, 3.63) is 52.5 Å². The van der Waals surface area contributed by atoms with E-state index in [1.165, 1.54) is 0 Å². The second kappa shape index (κ2) is 5.11. The summed E-state index contributed by atoms with van der Waals surface area (Å²) in [6.45, 7) is 0. The molecule has 1 aromatic heterocycles. The molecule has 6 heteroatoms. The van der Waals surface area contributed by atoms with Crippen molar-refractivity contribution in [2.45, 2.75) is 0 Å². The van der Waals surface area contributed by atoms with Crippen LogP contribution in [0.2, 0.25) is 5.15 Å². The van der Waals surface area contributed by atoms with Crippen molar-refractivity contribution in [2.24, 2.45) is 0 Å². The number of nitrogens with zero attached hydrogens (tertiary/aromatic N) is 1. The minimum Gasteiger partial charge on any atom is -0.477 e. The fraction of sp³-hybridized carbons (Fsp3) is 0. The van der Waals surface area contributed by atoms with Gasteiger partial charge in [0.2, 0.25) is 0 Å². The molecule has 0 radical (unpaired) electrons. The summed E-state index contributed by atoms with van der Waals surface area (Å²) >= 11 is 6.64. The van der Waals surface area contributed by atoms with E-state index in [1.807, 2.05) is 36.4 Å². The average molecular weight is 306 g/mol. The van der Waals surface area contributed by atoms with Gasteiger partial charge in [-0.25, -0.2) is 4.79 Å². The third-order valence-corrected chi connectivity index (χ3v) is 3.99. The Hall–Kier alpha value is -2.11. The van der Waals surface area contributed by atoms with Gasteiger partial charge in [-0.05, 0) is 22.9 Å². The Morgan fingerprint density at radius 1 is 1.20 bits per heavy atom. The van der Waals surface area contributed by atoms with Crippen LogP contribution in [0.25, 0.3) is 10.8 Å². The van der Waals surface area contributed by atoms with E-state index >= 15 is 0 Å². The summed E-state index contributed by atoms with van der Waals surface area (Å²) in [5, 5.41) is 11.2. The molecule has 0 fully saturated rings. The van der Waals surface area contributed by atoms with Gasteiger partial charge < -0.3 is 9.84 Å². The lowest BCUT2D eigenvalue weighted by Crippen LogP contribution is -1.91. The Kier molecular flexibility index (Phi) is 3.30. The molecule has 0 atom stereocenters. The quantitative estimate of drug-likeness (QED) is 0.777. The fourth-order valence-corrected chi connectivity index (χ4v) is 2.78. The summed E-state index contributed by atoms with van der Waals surface area (Å²) < 4.78 is 5.56. The molecular formula is C14H8ClNO3S. The lowest BCUT2D eigenvalue weighted by Gasteiger charge is -2.03. The minimum absolute atomic E-state index is 0.0255. The van der Waals surface area contributed by atoms with Gasteiger partial charge in [-0.15, -0.1) is 0 Å². The average Bonchev–Trinajstić information content (AvgIpc) is 2.79. The minimum atomic E-state index is -1.11. The first-order valence-corrected chi connectivity index (χ1v) is 6.89. The molecule has 4 nitrogen and oxygen atoms in total. The van der Waals surface area contributed by atoms with E-state index in [-0.39, 0.29) is 15.2 Å². The smallest absolute Gasteiger partial charge is 0.349 e. The van der Waals surface area contributed by atoms with Crippen LogP contribution in [-0.4, -0.2) is 16.1 Å². The second-order valence-electron chi connectivity index (χ2n) is 4.02. The highest BCUT2D eigenvalue weighted by molar-refractivity contribution is 7.15. The fourth-order valence-electron chi connectivity index (χ4n) is 1.79. The topological polar surface area (TPSA) is 59.4 Å². The zero-order valence-electron chi connectivity index (χ0n) is 10.0. The standard InChI is InChI=1S/C14H8ClNO3S/c15-12-11(13(17)18)20-14(16-12)19-10-6-5-8-3-1-2-4-9(8)7-10/h1-7H,(H,17,18). The lowest BCUT2D eigenvalue weighted by molar-refractivity contribution is 0.0702. The molecular weight excluding hydrogens is 298 g/mol. The predicted octanol–water partition coefficient (Wildman–Crippen LogP) is 4.44. The van der Waals surface area contributed by atoms with E-state index in [9.17, 15) is 4.79 Å². The number of carboxylic acids is 1. The molecule has 0 bridgehead atoms. The number of thiazole rings is 1. The number of fused-ring (bicyclic) bond motifs is 1. The van der Waals surface area contributed by atoms with Crippen LogP contribution >= 0.6 is 22.9 Å². The Balaban J connectivity index is 1.92. The Bertz CT molecular complexity index is 800. The van der Waals surface area contributed by atoms with Crippen molar-refractivity contribution >= 4 is 39.7 Å².